The van der Waals surface area contributed by atoms with Gasteiger partial charge in [-0.05, 0) is 31.4 Å². The van der Waals surface area contributed by atoms with Crippen molar-refractivity contribution >= 4 is 5.91 Å². The van der Waals surface area contributed by atoms with Gasteiger partial charge in [-0.2, -0.15) is 0 Å². The van der Waals surface area contributed by atoms with E-state index >= 15 is 0 Å². The van der Waals surface area contributed by atoms with Crippen LogP contribution in [-0.4, -0.2) is 42.6 Å². The Morgan fingerprint density at radius 1 is 1.29 bits per heavy atom. The van der Waals surface area contributed by atoms with Crippen LogP contribution in [-0.2, 0) is 16.0 Å². The number of nitrogens with zero attached hydrogens (tertiary/aromatic N) is 1. The van der Waals surface area contributed by atoms with Crippen LogP contribution in [0.1, 0.15) is 37.5 Å². The van der Waals surface area contributed by atoms with Gasteiger partial charge < -0.3 is 15.0 Å². The van der Waals surface area contributed by atoms with E-state index in [0.29, 0.717) is 25.1 Å². The van der Waals surface area contributed by atoms with Crippen LogP contribution in [0.25, 0.3) is 0 Å². The number of carbonyl (C=O) groups is 1. The number of carbonyl (C=O) groups excluding carboxylic acids is 1. The fraction of sp³-hybridized carbons (Fsp3) is 0.588. The number of hydrogen-bond donors (Lipinski definition) is 1. The first-order valence-corrected chi connectivity index (χ1v) is 7.86. The molecule has 1 aromatic carbocycles. The maximum Gasteiger partial charge on any atom is 0.225 e. The molecule has 21 heavy (non-hydrogen) atoms. The van der Waals surface area contributed by atoms with Crippen LogP contribution in [0.3, 0.4) is 0 Å². The molecule has 0 saturated carbocycles. The van der Waals surface area contributed by atoms with E-state index in [1.807, 2.05) is 11.0 Å². The summed E-state index contributed by atoms with van der Waals surface area (Å²) in [6.45, 7) is 6.54. The Balaban J connectivity index is 1.68. The normalized spacial score (nSPS) is 29.0. The fourth-order valence-corrected chi connectivity index (χ4v) is 3.46. The predicted octanol–water partition coefficient (Wildman–Crippen LogP) is 1.90. The average Bonchev–Trinajstić information content (AvgIpc) is 2.46. The first-order chi connectivity index (χ1) is 10.1. The molecular weight excluding hydrogens is 264 g/mol. The molecule has 0 aliphatic carbocycles. The van der Waals surface area contributed by atoms with Gasteiger partial charge in [0.2, 0.25) is 5.91 Å². The van der Waals surface area contributed by atoms with Crippen LogP contribution < -0.4 is 5.32 Å². The van der Waals surface area contributed by atoms with E-state index in [2.05, 4.69) is 37.4 Å². The second-order valence-corrected chi connectivity index (χ2v) is 6.28. The van der Waals surface area contributed by atoms with Crippen LogP contribution in [0.4, 0.5) is 0 Å². The quantitative estimate of drug-likeness (QED) is 0.904. The van der Waals surface area contributed by atoms with Crippen molar-refractivity contribution in [1.82, 2.24) is 10.2 Å². The Bertz CT molecular complexity index is 507. The second-order valence-electron chi connectivity index (χ2n) is 6.28. The zero-order valence-corrected chi connectivity index (χ0v) is 12.8. The largest absolute Gasteiger partial charge is 0.373 e. The molecule has 0 radical (unpaired) electrons. The predicted molar refractivity (Wildman–Crippen MR) is 82.1 cm³/mol. The van der Waals surface area contributed by atoms with Gasteiger partial charge in [0.1, 0.15) is 0 Å². The van der Waals surface area contributed by atoms with Gasteiger partial charge in [0, 0.05) is 25.2 Å². The molecule has 1 N–H and O–H groups in total. The molecule has 2 aliphatic rings. The molecule has 3 rings (SSSR count). The highest BCUT2D eigenvalue weighted by Crippen LogP contribution is 2.30. The van der Waals surface area contributed by atoms with Crippen LogP contribution in [0.5, 0.6) is 0 Å². The summed E-state index contributed by atoms with van der Waals surface area (Å²) in [5.74, 6) is 0.205. The third-order valence-electron chi connectivity index (χ3n) is 4.36. The smallest absolute Gasteiger partial charge is 0.225 e. The van der Waals surface area contributed by atoms with Crippen molar-refractivity contribution in [1.29, 1.82) is 0 Å². The van der Waals surface area contributed by atoms with E-state index in [1.54, 1.807) is 0 Å². The fourth-order valence-electron chi connectivity index (χ4n) is 3.46. The summed E-state index contributed by atoms with van der Waals surface area (Å²) in [4.78, 5) is 14.6. The van der Waals surface area contributed by atoms with E-state index in [0.717, 1.165) is 19.5 Å². The number of fused-ring (bicyclic) bond motifs is 1. The van der Waals surface area contributed by atoms with Crippen molar-refractivity contribution < 1.29 is 9.53 Å². The molecule has 0 bridgehead atoms. The molecule has 1 amide bonds. The molecule has 0 unspecified atom stereocenters. The van der Waals surface area contributed by atoms with Gasteiger partial charge >= 0.3 is 0 Å². The molecule has 3 atom stereocenters. The number of nitrogens with one attached hydrogen (secondary N) is 1. The minimum absolute atomic E-state index is 0.0806. The van der Waals surface area contributed by atoms with Crippen LogP contribution in [0, 0.1) is 0 Å². The van der Waals surface area contributed by atoms with Crippen LogP contribution in [0.15, 0.2) is 24.3 Å². The molecule has 4 nitrogen and oxygen atoms in total. The van der Waals surface area contributed by atoms with Crippen LogP contribution >= 0.6 is 0 Å². The minimum Gasteiger partial charge on any atom is -0.373 e. The van der Waals surface area contributed by atoms with Crippen molar-refractivity contribution in [3.05, 3.63) is 35.4 Å². The van der Waals surface area contributed by atoms with Crippen molar-refractivity contribution in [2.24, 2.45) is 0 Å². The Labute approximate surface area is 126 Å². The Morgan fingerprint density at radius 3 is 2.76 bits per heavy atom. The van der Waals surface area contributed by atoms with E-state index in [-0.39, 0.29) is 12.0 Å². The molecule has 114 valence electrons. The van der Waals surface area contributed by atoms with Gasteiger partial charge in [0.05, 0.1) is 19.1 Å². The molecule has 0 aromatic heterocycles. The standard InChI is InChI=1S/C17H24N2O2/c1-12-10-19(11-13(2)18-12)17(20)9-16-15-6-4-3-5-14(15)7-8-21-16/h3-6,12-13,16,18H,7-11H2,1-2H3/t12-,13-,16-/m1/s1. The van der Waals surface area contributed by atoms with Gasteiger partial charge in [-0.1, -0.05) is 24.3 Å². The lowest BCUT2D eigenvalue weighted by atomic mass is 9.95. The number of ether oxygens (including phenoxy) is 1. The lowest BCUT2D eigenvalue weighted by Gasteiger charge is -2.37. The molecule has 0 spiro atoms. The summed E-state index contributed by atoms with van der Waals surface area (Å²) in [6.07, 6.45) is 1.32. The first kappa shape index (κ1) is 14.5. The summed E-state index contributed by atoms with van der Waals surface area (Å²) in [7, 11) is 0. The third-order valence-corrected chi connectivity index (χ3v) is 4.36. The monoisotopic (exact) mass is 288 g/mol. The molecular formula is C17H24N2O2. The number of piperazine rings is 1. The summed E-state index contributed by atoms with van der Waals surface area (Å²) in [5, 5.41) is 3.46. The molecule has 4 heteroatoms. The van der Waals surface area contributed by atoms with Gasteiger partial charge in [-0.3, -0.25) is 4.79 Å². The summed E-state index contributed by atoms with van der Waals surface area (Å²) in [5.41, 5.74) is 2.51. The van der Waals surface area contributed by atoms with Crippen molar-refractivity contribution in [3.8, 4) is 0 Å². The molecule has 1 fully saturated rings. The zero-order chi connectivity index (χ0) is 14.8. The van der Waals surface area contributed by atoms with Gasteiger partial charge in [0.25, 0.3) is 0 Å². The van der Waals surface area contributed by atoms with E-state index in [1.165, 1.54) is 11.1 Å². The maximum atomic E-state index is 12.6. The molecule has 1 aromatic rings. The lowest BCUT2D eigenvalue weighted by molar-refractivity contribution is -0.136. The van der Waals surface area contributed by atoms with Gasteiger partial charge in [0.15, 0.2) is 0 Å². The molecule has 2 aliphatic heterocycles. The third kappa shape index (κ3) is 3.27. The van der Waals surface area contributed by atoms with E-state index in [9.17, 15) is 4.79 Å². The summed E-state index contributed by atoms with van der Waals surface area (Å²) in [6, 6.07) is 9.04. The van der Waals surface area contributed by atoms with Crippen molar-refractivity contribution in [2.75, 3.05) is 19.7 Å². The van der Waals surface area contributed by atoms with E-state index in [4.69, 9.17) is 4.74 Å². The maximum absolute atomic E-state index is 12.6. The number of hydrogen-bond acceptors (Lipinski definition) is 3. The SMILES string of the molecule is C[C@@H]1CN(C(=O)C[C@H]2OCCc3ccccc32)C[C@@H](C)N1. The lowest BCUT2D eigenvalue weighted by Crippen LogP contribution is -2.56. The molecule has 1 saturated heterocycles. The highest BCUT2D eigenvalue weighted by molar-refractivity contribution is 5.77. The Morgan fingerprint density at radius 2 is 2.00 bits per heavy atom. The van der Waals surface area contributed by atoms with Crippen molar-refractivity contribution in [3.63, 3.8) is 0 Å². The highest BCUT2D eigenvalue weighted by atomic mass is 16.5. The molecule has 2 heterocycles. The number of rotatable bonds is 2. The number of amides is 1. The van der Waals surface area contributed by atoms with Gasteiger partial charge in [-0.15, -0.1) is 0 Å². The van der Waals surface area contributed by atoms with Gasteiger partial charge in [-0.25, -0.2) is 0 Å². The first-order valence-electron chi connectivity index (χ1n) is 7.86. The summed E-state index contributed by atoms with van der Waals surface area (Å²) >= 11 is 0. The minimum atomic E-state index is -0.0806. The topological polar surface area (TPSA) is 41.6 Å². The average molecular weight is 288 g/mol. The second kappa shape index (κ2) is 6.16. The zero-order valence-electron chi connectivity index (χ0n) is 12.8. The Hall–Kier alpha value is -1.39. The van der Waals surface area contributed by atoms with Crippen LogP contribution in [0.2, 0.25) is 0 Å². The summed E-state index contributed by atoms with van der Waals surface area (Å²) < 4.78 is 5.86. The Kier molecular flexibility index (Phi) is 4.27. The van der Waals surface area contributed by atoms with E-state index < -0.39 is 0 Å². The highest BCUT2D eigenvalue weighted by Gasteiger charge is 2.29. The van der Waals surface area contributed by atoms with Crippen molar-refractivity contribution in [2.45, 2.75) is 44.9 Å². The number of benzene rings is 1.